The van der Waals surface area contributed by atoms with Gasteiger partial charge >= 0.3 is 0 Å². The second-order valence-corrected chi connectivity index (χ2v) is 6.42. The summed E-state index contributed by atoms with van der Waals surface area (Å²) in [4.78, 5) is 25.5. The second-order valence-electron chi connectivity index (χ2n) is 6.42. The highest BCUT2D eigenvalue weighted by Gasteiger charge is 2.28. The lowest BCUT2D eigenvalue weighted by Crippen LogP contribution is -2.49. The van der Waals surface area contributed by atoms with Crippen molar-refractivity contribution in [2.24, 2.45) is 0 Å². The van der Waals surface area contributed by atoms with Crippen LogP contribution in [0.15, 0.2) is 16.9 Å². The first-order valence-electron chi connectivity index (χ1n) is 8.75. The molecule has 0 saturated carbocycles. The number of aryl methyl sites for hydroxylation is 3. The van der Waals surface area contributed by atoms with Gasteiger partial charge in [0.2, 0.25) is 0 Å². The fraction of sp³-hybridized carbons (Fsp3) is 0.471. The summed E-state index contributed by atoms with van der Waals surface area (Å²) in [5, 5.41) is 8.26. The molecule has 1 saturated heterocycles. The number of hydrogen-bond acceptors (Lipinski definition) is 7. The van der Waals surface area contributed by atoms with E-state index in [9.17, 15) is 4.79 Å². The van der Waals surface area contributed by atoms with Crippen molar-refractivity contribution in [1.82, 2.24) is 29.6 Å². The summed E-state index contributed by atoms with van der Waals surface area (Å²) in [5.74, 6) is 2.12. The van der Waals surface area contributed by atoms with Crippen LogP contribution in [0, 0.1) is 13.8 Å². The van der Waals surface area contributed by atoms with E-state index in [1.54, 1.807) is 11.4 Å². The molecule has 3 aromatic rings. The van der Waals surface area contributed by atoms with Gasteiger partial charge < -0.3 is 14.3 Å². The Labute approximate surface area is 150 Å². The zero-order valence-electron chi connectivity index (χ0n) is 15.1. The maximum absolute atomic E-state index is 12.9. The van der Waals surface area contributed by atoms with Gasteiger partial charge in [-0.3, -0.25) is 4.79 Å². The minimum Gasteiger partial charge on any atom is -0.361 e. The average Bonchev–Trinajstić information content (AvgIpc) is 3.26. The molecule has 0 bridgehead atoms. The third-order valence-electron chi connectivity index (χ3n) is 4.73. The molecule has 1 aliphatic heterocycles. The van der Waals surface area contributed by atoms with E-state index in [0.29, 0.717) is 36.6 Å². The molecule has 0 aromatic carbocycles. The molecule has 0 spiro atoms. The topological polar surface area (TPSA) is 92.7 Å². The summed E-state index contributed by atoms with van der Waals surface area (Å²) in [5.41, 5.74) is 2.23. The maximum atomic E-state index is 12.9. The van der Waals surface area contributed by atoms with Crippen LogP contribution in [0.2, 0.25) is 0 Å². The molecule has 3 aromatic heterocycles. The van der Waals surface area contributed by atoms with Crippen LogP contribution in [0.25, 0.3) is 5.78 Å². The Morgan fingerprint density at radius 1 is 1.23 bits per heavy atom. The summed E-state index contributed by atoms with van der Waals surface area (Å²) in [6.45, 7) is 8.40. The Morgan fingerprint density at radius 3 is 2.73 bits per heavy atom. The van der Waals surface area contributed by atoms with E-state index in [-0.39, 0.29) is 5.91 Å². The minimum atomic E-state index is -0.00272. The molecule has 0 radical (unpaired) electrons. The molecule has 0 N–H and O–H groups in total. The molecule has 1 fully saturated rings. The second kappa shape index (κ2) is 6.40. The monoisotopic (exact) mass is 355 g/mol. The number of hydrogen-bond donors (Lipinski definition) is 0. The highest BCUT2D eigenvalue weighted by molar-refractivity contribution is 5.96. The summed E-state index contributed by atoms with van der Waals surface area (Å²) in [6.07, 6.45) is 2.19. The Hall–Kier alpha value is -2.97. The van der Waals surface area contributed by atoms with E-state index in [1.165, 1.54) is 6.33 Å². The smallest absolute Gasteiger partial charge is 0.259 e. The SMILES string of the molecule is CCc1noc(C)c1C(=O)N1CCN(c2cc(C)nc3ncnn23)CC1. The molecule has 9 nitrogen and oxygen atoms in total. The first-order valence-corrected chi connectivity index (χ1v) is 8.75. The number of anilines is 1. The number of carbonyl (C=O) groups excluding carboxylic acids is 1. The van der Waals surface area contributed by atoms with Gasteiger partial charge in [-0.15, -0.1) is 0 Å². The lowest BCUT2D eigenvalue weighted by Gasteiger charge is -2.36. The lowest BCUT2D eigenvalue weighted by molar-refractivity contribution is 0.0743. The standard InChI is InChI=1S/C17H21N7O2/c1-4-13-15(12(3)26-21-13)16(25)23-7-5-22(6-8-23)14-9-11(2)20-17-18-10-19-24(14)17/h9-10H,4-8H2,1-3H3. The van der Waals surface area contributed by atoms with Gasteiger partial charge in [-0.25, -0.2) is 4.98 Å². The van der Waals surface area contributed by atoms with Crippen molar-refractivity contribution in [3.05, 3.63) is 35.1 Å². The third-order valence-corrected chi connectivity index (χ3v) is 4.73. The largest absolute Gasteiger partial charge is 0.361 e. The molecule has 136 valence electrons. The molecule has 9 heteroatoms. The van der Waals surface area contributed by atoms with Crippen LogP contribution in [0.1, 0.15) is 34.4 Å². The van der Waals surface area contributed by atoms with Crippen LogP contribution >= 0.6 is 0 Å². The highest BCUT2D eigenvalue weighted by Crippen LogP contribution is 2.21. The van der Waals surface area contributed by atoms with Gasteiger partial charge in [-0.05, 0) is 20.3 Å². The molecular formula is C17H21N7O2. The van der Waals surface area contributed by atoms with E-state index in [2.05, 4.69) is 25.1 Å². The van der Waals surface area contributed by atoms with Gasteiger partial charge in [0.25, 0.3) is 11.7 Å². The first-order chi connectivity index (χ1) is 12.6. The molecule has 1 amide bonds. The van der Waals surface area contributed by atoms with Crippen LogP contribution < -0.4 is 4.90 Å². The van der Waals surface area contributed by atoms with Crippen LogP contribution in [0.4, 0.5) is 5.82 Å². The third kappa shape index (κ3) is 2.69. The fourth-order valence-electron chi connectivity index (χ4n) is 3.37. The van der Waals surface area contributed by atoms with Crippen molar-refractivity contribution in [1.29, 1.82) is 0 Å². The van der Waals surface area contributed by atoms with E-state index in [0.717, 1.165) is 30.3 Å². The van der Waals surface area contributed by atoms with Crippen molar-refractivity contribution in [3.8, 4) is 0 Å². The number of piperazine rings is 1. The van der Waals surface area contributed by atoms with Gasteiger partial charge in [0.05, 0.1) is 5.69 Å². The molecule has 0 atom stereocenters. The van der Waals surface area contributed by atoms with Crippen molar-refractivity contribution < 1.29 is 9.32 Å². The van der Waals surface area contributed by atoms with Crippen LogP contribution in [-0.4, -0.2) is 61.7 Å². The van der Waals surface area contributed by atoms with Crippen molar-refractivity contribution in [3.63, 3.8) is 0 Å². The minimum absolute atomic E-state index is 0.00272. The summed E-state index contributed by atoms with van der Waals surface area (Å²) in [7, 11) is 0. The molecule has 0 unspecified atom stereocenters. The average molecular weight is 355 g/mol. The number of aromatic nitrogens is 5. The van der Waals surface area contributed by atoms with Crippen molar-refractivity contribution >= 4 is 17.5 Å². The predicted molar refractivity (Wildman–Crippen MR) is 94.3 cm³/mol. The summed E-state index contributed by atoms with van der Waals surface area (Å²) in [6, 6.07) is 2.00. The zero-order chi connectivity index (χ0) is 18.3. The quantitative estimate of drug-likeness (QED) is 0.698. The number of amides is 1. The molecule has 4 heterocycles. The zero-order valence-corrected chi connectivity index (χ0v) is 15.1. The lowest BCUT2D eigenvalue weighted by atomic mass is 10.1. The van der Waals surface area contributed by atoms with Crippen LogP contribution in [0.5, 0.6) is 0 Å². The number of rotatable bonds is 3. The fourth-order valence-corrected chi connectivity index (χ4v) is 3.37. The van der Waals surface area contributed by atoms with Crippen LogP contribution in [0.3, 0.4) is 0 Å². The number of carbonyl (C=O) groups is 1. The van der Waals surface area contributed by atoms with Gasteiger partial charge in [-0.1, -0.05) is 12.1 Å². The molecule has 26 heavy (non-hydrogen) atoms. The normalized spacial score (nSPS) is 15.0. The van der Waals surface area contributed by atoms with Crippen LogP contribution in [-0.2, 0) is 6.42 Å². The Bertz CT molecular complexity index is 953. The molecule has 1 aliphatic rings. The number of nitrogens with zero attached hydrogens (tertiary/aromatic N) is 7. The predicted octanol–water partition coefficient (Wildman–Crippen LogP) is 1.25. The molecule has 0 aliphatic carbocycles. The Morgan fingerprint density at radius 2 is 2.00 bits per heavy atom. The highest BCUT2D eigenvalue weighted by atomic mass is 16.5. The van der Waals surface area contributed by atoms with Gasteiger partial charge in [-0.2, -0.15) is 14.6 Å². The molecule has 4 rings (SSSR count). The van der Waals surface area contributed by atoms with E-state index in [4.69, 9.17) is 4.52 Å². The number of fused-ring (bicyclic) bond motifs is 1. The Kier molecular flexibility index (Phi) is 4.06. The summed E-state index contributed by atoms with van der Waals surface area (Å²) < 4.78 is 6.95. The van der Waals surface area contributed by atoms with Gasteiger partial charge in [0.15, 0.2) is 0 Å². The first kappa shape index (κ1) is 16.5. The Balaban J connectivity index is 1.53. The van der Waals surface area contributed by atoms with Crippen molar-refractivity contribution in [2.75, 3.05) is 31.1 Å². The van der Waals surface area contributed by atoms with Gasteiger partial charge in [0.1, 0.15) is 23.5 Å². The maximum Gasteiger partial charge on any atom is 0.259 e. The van der Waals surface area contributed by atoms with E-state index in [1.807, 2.05) is 24.8 Å². The molecular weight excluding hydrogens is 334 g/mol. The van der Waals surface area contributed by atoms with E-state index >= 15 is 0 Å². The van der Waals surface area contributed by atoms with Gasteiger partial charge in [0, 0.05) is 37.9 Å². The summed E-state index contributed by atoms with van der Waals surface area (Å²) >= 11 is 0. The van der Waals surface area contributed by atoms with E-state index < -0.39 is 0 Å². The van der Waals surface area contributed by atoms with Crippen molar-refractivity contribution in [2.45, 2.75) is 27.2 Å².